The third kappa shape index (κ3) is 3.62. The fourth-order valence-corrected chi connectivity index (χ4v) is 2.28. The first-order chi connectivity index (χ1) is 5.60. The fraction of sp³-hybridized carbons (Fsp3) is 1.00. The lowest BCUT2D eigenvalue weighted by Crippen LogP contribution is -2.50. The van der Waals surface area contributed by atoms with E-state index >= 15 is 0 Å². The van der Waals surface area contributed by atoms with E-state index in [9.17, 15) is 8.42 Å². The van der Waals surface area contributed by atoms with Crippen molar-refractivity contribution in [3.8, 4) is 0 Å². The molecule has 0 heterocycles. The van der Waals surface area contributed by atoms with Gasteiger partial charge in [-0.05, 0) is 5.41 Å². The standard InChI is InChI=1S/C8H19NO3S/c1-8(2,3)7(9)6(5-10)13(4,11)12/h6-7,10H,5,9H2,1-4H3/t6-,7+/m1/s1. The Bertz CT molecular complexity index is 253. The van der Waals surface area contributed by atoms with E-state index in [1.54, 1.807) is 0 Å². The van der Waals surface area contributed by atoms with Crippen LogP contribution in [0.25, 0.3) is 0 Å². The summed E-state index contributed by atoms with van der Waals surface area (Å²) in [7, 11) is -3.27. The summed E-state index contributed by atoms with van der Waals surface area (Å²) in [5.74, 6) is 0. The van der Waals surface area contributed by atoms with Crippen molar-refractivity contribution in [3.63, 3.8) is 0 Å². The summed E-state index contributed by atoms with van der Waals surface area (Å²) in [5.41, 5.74) is 5.43. The smallest absolute Gasteiger partial charge is 0.154 e. The van der Waals surface area contributed by atoms with Crippen LogP contribution in [-0.2, 0) is 9.84 Å². The molecule has 0 aliphatic rings. The molecule has 0 fully saturated rings. The van der Waals surface area contributed by atoms with Crippen molar-refractivity contribution in [3.05, 3.63) is 0 Å². The van der Waals surface area contributed by atoms with E-state index in [0.717, 1.165) is 6.26 Å². The second-order valence-corrected chi connectivity index (χ2v) is 6.71. The minimum absolute atomic E-state index is 0.323. The van der Waals surface area contributed by atoms with E-state index < -0.39 is 27.7 Å². The molecule has 0 aliphatic heterocycles. The Labute approximate surface area is 80.1 Å². The molecule has 0 amide bonds. The molecule has 0 aromatic carbocycles. The first-order valence-corrected chi connectivity index (χ1v) is 6.11. The summed E-state index contributed by atoms with van der Waals surface area (Å²) >= 11 is 0. The van der Waals surface area contributed by atoms with Crippen molar-refractivity contribution in [2.24, 2.45) is 11.1 Å². The Morgan fingerprint density at radius 1 is 1.38 bits per heavy atom. The van der Waals surface area contributed by atoms with Crippen molar-refractivity contribution < 1.29 is 13.5 Å². The average Bonchev–Trinajstić information content (AvgIpc) is 1.83. The van der Waals surface area contributed by atoms with Gasteiger partial charge in [-0.3, -0.25) is 0 Å². The lowest BCUT2D eigenvalue weighted by Gasteiger charge is -2.32. The molecule has 3 N–H and O–H groups in total. The largest absolute Gasteiger partial charge is 0.395 e. The van der Waals surface area contributed by atoms with Gasteiger partial charge in [-0.2, -0.15) is 0 Å². The van der Waals surface area contributed by atoms with Crippen LogP contribution in [0.2, 0.25) is 0 Å². The van der Waals surface area contributed by atoms with Crippen LogP contribution in [0.5, 0.6) is 0 Å². The van der Waals surface area contributed by atoms with E-state index in [1.807, 2.05) is 20.8 Å². The van der Waals surface area contributed by atoms with Crippen LogP contribution in [0.3, 0.4) is 0 Å². The second-order valence-electron chi connectivity index (χ2n) is 4.44. The highest BCUT2D eigenvalue weighted by Crippen LogP contribution is 2.22. The molecule has 4 nitrogen and oxygen atoms in total. The first kappa shape index (κ1) is 12.9. The average molecular weight is 209 g/mol. The van der Waals surface area contributed by atoms with Crippen LogP contribution in [0.4, 0.5) is 0 Å². The first-order valence-electron chi connectivity index (χ1n) is 4.16. The molecule has 0 radical (unpaired) electrons. The van der Waals surface area contributed by atoms with E-state index in [0.29, 0.717) is 0 Å². The molecule has 0 spiro atoms. The highest BCUT2D eigenvalue weighted by Gasteiger charge is 2.34. The minimum Gasteiger partial charge on any atom is -0.395 e. The van der Waals surface area contributed by atoms with Gasteiger partial charge in [0.1, 0.15) is 0 Å². The monoisotopic (exact) mass is 209 g/mol. The van der Waals surface area contributed by atoms with Crippen LogP contribution >= 0.6 is 0 Å². The van der Waals surface area contributed by atoms with Gasteiger partial charge in [0, 0.05) is 12.3 Å². The molecule has 0 saturated heterocycles. The number of hydrogen-bond donors (Lipinski definition) is 2. The zero-order valence-electron chi connectivity index (χ0n) is 8.61. The van der Waals surface area contributed by atoms with Gasteiger partial charge in [-0.1, -0.05) is 20.8 Å². The maximum atomic E-state index is 11.2. The van der Waals surface area contributed by atoms with Gasteiger partial charge in [0.05, 0.1) is 11.9 Å². The third-order valence-electron chi connectivity index (χ3n) is 2.13. The second kappa shape index (κ2) is 3.94. The molecule has 0 saturated carbocycles. The van der Waals surface area contributed by atoms with Gasteiger partial charge in [-0.15, -0.1) is 0 Å². The molecule has 0 bridgehead atoms. The maximum Gasteiger partial charge on any atom is 0.154 e. The highest BCUT2D eigenvalue weighted by atomic mass is 32.2. The topological polar surface area (TPSA) is 80.4 Å². The highest BCUT2D eigenvalue weighted by molar-refractivity contribution is 7.91. The summed E-state index contributed by atoms with van der Waals surface area (Å²) < 4.78 is 22.4. The van der Waals surface area contributed by atoms with Crippen LogP contribution in [0, 0.1) is 5.41 Å². The Morgan fingerprint density at radius 3 is 1.85 bits per heavy atom. The van der Waals surface area contributed by atoms with Crippen molar-refractivity contribution in [1.29, 1.82) is 0 Å². The zero-order chi connectivity index (χ0) is 10.9. The number of aliphatic hydroxyl groups excluding tert-OH is 1. The van der Waals surface area contributed by atoms with E-state index in [-0.39, 0.29) is 5.41 Å². The summed E-state index contributed by atoms with van der Waals surface area (Å²) in [4.78, 5) is 0. The molecular weight excluding hydrogens is 190 g/mol. The van der Waals surface area contributed by atoms with Crippen molar-refractivity contribution in [1.82, 2.24) is 0 Å². The quantitative estimate of drug-likeness (QED) is 0.672. The van der Waals surface area contributed by atoms with Gasteiger partial charge in [0.25, 0.3) is 0 Å². The van der Waals surface area contributed by atoms with Gasteiger partial charge >= 0.3 is 0 Å². The predicted octanol–water partition coefficient (Wildman–Crippen LogP) is -0.235. The molecule has 0 aromatic heterocycles. The normalized spacial score (nSPS) is 18.3. The summed E-state index contributed by atoms with van der Waals surface area (Å²) in [6.45, 7) is 5.14. The lowest BCUT2D eigenvalue weighted by molar-refractivity contribution is 0.228. The summed E-state index contributed by atoms with van der Waals surface area (Å²) in [5, 5.41) is 8.07. The SMILES string of the molecule is CC(C)(C)[C@@H](N)[C@@H](CO)S(C)(=O)=O. The Hall–Kier alpha value is -0.130. The number of sulfone groups is 1. The number of nitrogens with two attached hydrogens (primary N) is 1. The molecule has 2 atom stereocenters. The Balaban J connectivity index is 4.82. The van der Waals surface area contributed by atoms with Gasteiger partial charge in [0.15, 0.2) is 9.84 Å². The van der Waals surface area contributed by atoms with Crippen LogP contribution in [0.1, 0.15) is 20.8 Å². The molecule has 5 heteroatoms. The van der Waals surface area contributed by atoms with Crippen LogP contribution < -0.4 is 5.73 Å². The molecule has 0 aromatic rings. The molecule has 0 aliphatic carbocycles. The molecule has 0 rings (SSSR count). The van der Waals surface area contributed by atoms with Gasteiger partial charge < -0.3 is 10.8 Å². The van der Waals surface area contributed by atoms with E-state index in [2.05, 4.69) is 0 Å². The van der Waals surface area contributed by atoms with Gasteiger partial charge in [0.2, 0.25) is 0 Å². The third-order valence-corrected chi connectivity index (χ3v) is 3.67. The minimum atomic E-state index is -3.27. The van der Waals surface area contributed by atoms with Crippen molar-refractivity contribution in [2.75, 3.05) is 12.9 Å². The molecule has 0 unspecified atom stereocenters. The lowest BCUT2D eigenvalue weighted by atomic mass is 9.85. The predicted molar refractivity (Wildman–Crippen MR) is 53.1 cm³/mol. The molecule has 80 valence electrons. The molecule has 13 heavy (non-hydrogen) atoms. The van der Waals surface area contributed by atoms with Crippen LogP contribution in [-0.4, -0.2) is 37.7 Å². The van der Waals surface area contributed by atoms with Crippen molar-refractivity contribution in [2.45, 2.75) is 32.1 Å². The fourth-order valence-electron chi connectivity index (χ4n) is 1.07. The Kier molecular flexibility index (Phi) is 3.90. The Morgan fingerprint density at radius 2 is 1.77 bits per heavy atom. The number of aliphatic hydroxyl groups is 1. The zero-order valence-corrected chi connectivity index (χ0v) is 9.43. The van der Waals surface area contributed by atoms with Crippen LogP contribution in [0.15, 0.2) is 0 Å². The van der Waals surface area contributed by atoms with Gasteiger partial charge in [-0.25, -0.2) is 8.42 Å². The van der Waals surface area contributed by atoms with Crippen molar-refractivity contribution >= 4 is 9.84 Å². The maximum absolute atomic E-state index is 11.2. The number of rotatable bonds is 3. The van der Waals surface area contributed by atoms with E-state index in [4.69, 9.17) is 10.8 Å². The number of hydrogen-bond acceptors (Lipinski definition) is 4. The molecular formula is C8H19NO3S. The van der Waals surface area contributed by atoms with E-state index in [1.165, 1.54) is 0 Å². The summed E-state index contributed by atoms with van der Waals surface area (Å²) in [6.07, 6.45) is 1.10. The summed E-state index contributed by atoms with van der Waals surface area (Å²) in [6, 6.07) is -0.549.